The van der Waals surface area contributed by atoms with Crippen LogP contribution in [0.2, 0.25) is 0 Å². The van der Waals surface area contributed by atoms with E-state index in [0.29, 0.717) is 22.3 Å². The molecular formula is C28H20O4. The molecule has 0 amide bonds. The number of carbonyl (C=O) groups is 2. The average molecular weight is 420 g/mol. The summed E-state index contributed by atoms with van der Waals surface area (Å²) in [6.45, 7) is 0. The first-order chi connectivity index (χ1) is 15.6. The number of rotatable bonds is 6. The highest BCUT2D eigenvalue weighted by Gasteiger charge is 2.27. The fourth-order valence-electron chi connectivity index (χ4n) is 3.85. The molecule has 4 rings (SSSR count). The molecule has 4 aromatic rings. The Morgan fingerprint density at radius 2 is 0.750 bits per heavy atom. The molecule has 0 spiro atoms. The Balaban J connectivity index is 2.05. The Labute approximate surface area is 185 Å². The Bertz CT molecular complexity index is 1200. The molecule has 0 aliphatic rings. The quantitative estimate of drug-likeness (QED) is 0.292. The average Bonchev–Trinajstić information content (AvgIpc) is 2.83. The van der Waals surface area contributed by atoms with Gasteiger partial charge in [0, 0.05) is 0 Å². The summed E-state index contributed by atoms with van der Waals surface area (Å²) in [7, 11) is 0. The summed E-state index contributed by atoms with van der Waals surface area (Å²) in [6, 6.07) is 32.6. The van der Waals surface area contributed by atoms with Crippen LogP contribution >= 0.6 is 0 Å². The van der Waals surface area contributed by atoms with E-state index in [4.69, 9.17) is 0 Å². The minimum absolute atomic E-state index is 0.250. The van der Waals surface area contributed by atoms with Gasteiger partial charge in [-0.15, -0.1) is 0 Å². The van der Waals surface area contributed by atoms with Gasteiger partial charge in [0.25, 0.3) is 0 Å². The van der Waals surface area contributed by atoms with E-state index in [0.717, 1.165) is 11.1 Å². The maximum atomic E-state index is 12.5. The van der Waals surface area contributed by atoms with Gasteiger partial charge < -0.3 is 10.2 Å². The first kappa shape index (κ1) is 20.8. The van der Waals surface area contributed by atoms with Crippen LogP contribution < -0.4 is 0 Å². The highest BCUT2D eigenvalue weighted by atomic mass is 16.4. The van der Waals surface area contributed by atoms with Crippen molar-refractivity contribution in [1.29, 1.82) is 0 Å². The summed E-state index contributed by atoms with van der Waals surface area (Å²) in [6.07, 6.45) is 0. The number of aliphatic carboxylic acids is 2. The summed E-state index contributed by atoms with van der Waals surface area (Å²) < 4.78 is 0. The van der Waals surface area contributed by atoms with Crippen molar-refractivity contribution in [1.82, 2.24) is 0 Å². The van der Waals surface area contributed by atoms with Gasteiger partial charge in [-0.05, 0) is 33.4 Å². The van der Waals surface area contributed by atoms with Crippen LogP contribution in [0.25, 0.3) is 33.4 Å². The summed E-state index contributed by atoms with van der Waals surface area (Å²) in [4.78, 5) is 25.1. The van der Waals surface area contributed by atoms with Gasteiger partial charge in [-0.25, -0.2) is 9.59 Å². The molecule has 0 atom stereocenters. The predicted molar refractivity (Wildman–Crippen MR) is 126 cm³/mol. The normalized spacial score (nSPS) is 11.5. The first-order valence-corrected chi connectivity index (χ1v) is 10.1. The number of benzene rings is 4. The monoisotopic (exact) mass is 420 g/mol. The van der Waals surface area contributed by atoms with Gasteiger partial charge in [0.1, 0.15) is 0 Å². The largest absolute Gasteiger partial charge is 0.478 e. The minimum Gasteiger partial charge on any atom is -0.478 e. The second-order valence-electron chi connectivity index (χ2n) is 7.18. The van der Waals surface area contributed by atoms with Crippen molar-refractivity contribution >= 4 is 23.1 Å². The molecule has 4 nitrogen and oxygen atoms in total. The van der Waals surface area contributed by atoms with Crippen LogP contribution in [0.4, 0.5) is 0 Å². The fourth-order valence-corrected chi connectivity index (χ4v) is 3.85. The van der Waals surface area contributed by atoms with E-state index < -0.39 is 11.9 Å². The van der Waals surface area contributed by atoms with Crippen LogP contribution in [0.3, 0.4) is 0 Å². The summed E-state index contributed by atoms with van der Waals surface area (Å²) in [5.74, 6) is -2.60. The van der Waals surface area contributed by atoms with Crippen molar-refractivity contribution in [3.8, 4) is 22.3 Å². The second-order valence-corrected chi connectivity index (χ2v) is 7.18. The molecule has 4 aromatic carbocycles. The highest BCUT2D eigenvalue weighted by molar-refractivity contribution is 6.38. The van der Waals surface area contributed by atoms with E-state index in [1.807, 2.05) is 72.8 Å². The van der Waals surface area contributed by atoms with Crippen molar-refractivity contribution in [3.63, 3.8) is 0 Å². The number of carboxylic acids is 2. The highest BCUT2D eigenvalue weighted by Crippen LogP contribution is 2.37. The lowest BCUT2D eigenvalue weighted by molar-refractivity contribution is -0.132. The predicted octanol–water partition coefficient (Wildman–Crippen LogP) is 6.10. The molecule has 0 bridgehead atoms. The molecule has 2 N–H and O–H groups in total. The van der Waals surface area contributed by atoms with Crippen LogP contribution in [0.15, 0.2) is 109 Å². The van der Waals surface area contributed by atoms with Gasteiger partial charge in [-0.1, -0.05) is 109 Å². The van der Waals surface area contributed by atoms with E-state index in [1.165, 1.54) is 0 Å². The van der Waals surface area contributed by atoms with Crippen molar-refractivity contribution in [3.05, 3.63) is 120 Å². The molecule has 0 radical (unpaired) electrons. The molecule has 0 aromatic heterocycles. The molecule has 0 aliphatic heterocycles. The molecular weight excluding hydrogens is 400 g/mol. The molecule has 32 heavy (non-hydrogen) atoms. The second kappa shape index (κ2) is 9.14. The minimum atomic E-state index is -1.30. The maximum absolute atomic E-state index is 12.5. The lowest BCUT2D eigenvalue weighted by Crippen LogP contribution is -2.11. The zero-order valence-electron chi connectivity index (χ0n) is 17.1. The van der Waals surface area contributed by atoms with Gasteiger partial charge >= 0.3 is 11.9 Å². The number of hydrogen-bond acceptors (Lipinski definition) is 2. The molecule has 0 unspecified atom stereocenters. The summed E-state index contributed by atoms with van der Waals surface area (Å²) in [5.41, 5.74) is 3.13. The molecule has 156 valence electrons. The van der Waals surface area contributed by atoms with Crippen molar-refractivity contribution in [2.45, 2.75) is 0 Å². The first-order valence-electron chi connectivity index (χ1n) is 10.1. The zero-order chi connectivity index (χ0) is 22.5. The lowest BCUT2D eigenvalue weighted by atomic mass is 9.86. The molecule has 4 heteroatoms. The van der Waals surface area contributed by atoms with Crippen LogP contribution in [0.5, 0.6) is 0 Å². The molecule has 0 fully saturated rings. The standard InChI is InChI=1S/C28H20O4/c29-27(30)25(23-17-9-7-15-21(23)19-11-3-1-4-12-19)26(28(31)32)24-18-10-8-16-22(24)20-13-5-2-6-14-20/h1-18H,(H,29,30)(H,31,32). The van der Waals surface area contributed by atoms with Gasteiger partial charge in [0.2, 0.25) is 0 Å². The molecule has 0 saturated heterocycles. The van der Waals surface area contributed by atoms with Crippen molar-refractivity contribution in [2.24, 2.45) is 0 Å². The smallest absolute Gasteiger partial charge is 0.337 e. The lowest BCUT2D eigenvalue weighted by Gasteiger charge is -2.16. The zero-order valence-corrected chi connectivity index (χ0v) is 17.1. The molecule has 0 aliphatic carbocycles. The Morgan fingerprint density at radius 1 is 0.438 bits per heavy atom. The Kier molecular flexibility index (Phi) is 5.95. The van der Waals surface area contributed by atoms with E-state index in [-0.39, 0.29) is 11.1 Å². The van der Waals surface area contributed by atoms with Gasteiger partial charge in [-0.3, -0.25) is 0 Å². The summed E-state index contributed by atoms with van der Waals surface area (Å²) in [5, 5.41) is 20.4. The molecule has 0 heterocycles. The van der Waals surface area contributed by atoms with Crippen LogP contribution in [-0.2, 0) is 9.59 Å². The van der Waals surface area contributed by atoms with Crippen LogP contribution in [0, 0.1) is 0 Å². The Morgan fingerprint density at radius 3 is 1.09 bits per heavy atom. The summed E-state index contributed by atoms with van der Waals surface area (Å²) >= 11 is 0. The SMILES string of the molecule is O=C(O)C(=C(C(=O)O)c1ccccc1-c1ccccc1)c1ccccc1-c1ccccc1. The van der Waals surface area contributed by atoms with E-state index >= 15 is 0 Å². The van der Waals surface area contributed by atoms with Gasteiger partial charge in [0.05, 0.1) is 11.1 Å². The van der Waals surface area contributed by atoms with E-state index in [9.17, 15) is 19.8 Å². The Hall–Kier alpha value is -4.44. The molecule has 0 saturated carbocycles. The van der Waals surface area contributed by atoms with Crippen molar-refractivity contribution in [2.75, 3.05) is 0 Å². The van der Waals surface area contributed by atoms with Crippen LogP contribution in [0.1, 0.15) is 11.1 Å². The third-order valence-corrected chi connectivity index (χ3v) is 5.24. The third-order valence-electron chi connectivity index (χ3n) is 5.24. The van der Waals surface area contributed by atoms with E-state index in [1.54, 1.807) is 36.4 Å². The maximum Gasteiger partial charge on any atom is 0.337 e. The van der Waals surface area contributed by atoms with Gasteiger partial charge in [0.15, 0.2) is 0 Å². The van der Waals surface area contributed by atoms with Gasteiger partial charge in [-0.2, -0.15) is 0 Å². The van der Waals surface area contributed by atoms with Crippen molar-refractivity contribution < 1.29 is 19.8 Å². The van der Waals surface area contributed by atoms with Crippen LogP contribution in [-0.4, -0.2) is 22.2 Å². The topological polar surface area (TPSA) is 74.6 Å². The number of carboxylic acid groups (broad SMARTS) is 2. The number of hydrogen-bond donors (Lipinski definition) is 2. The fraction of sp³-hybridized carbons (Fsp3) is 0. The third kappa shape index (κ3) is 4.07. The van der Waals surface area contributed by atoms with E-state index in [2.05, 4.69) is 0 Å².